The Balaban J connectivity index is 1.93. The molecule has 24 heavy (non-hydrogen) atoms. The van der Waals surface area contributed by atoms with Crippen LogP contribution in [0.3, 0.4) is 0 Å². The number of ether oxygens (including phenoxy) is 1. The van der Waals surface area contributed by atoms with Crippen LogP contribution in [-0.2, 0) is 9.53 Å². The van der Waals surface area contributed by atoms with Crippen molar-refractivity contribution in [2.24, 2.45) is 0 Å². The highest BCUT2D eigenvalue weighted by atomic mass is 16.6. The average Bonchev–Trinajstić information content (AvgIpc) is 2.41. The van der Waals surface area contributed by atoms with Crippen molar-refractivity contribution in [2.75, 3.05) is 5.32 Å². The van der Waals surface area contributed by atoms with Gasteiger partial charge in [0.1, 0.15) is 11.1 Å². The first-order valence-electron chi connectivity index (χ1n) is 7.89. The first-order chi connectivity index (χ1) is 11.2. The zero-order chi connectivity index (χ0) is 17.8. The molecule has 1 aliphatic carbocycles. The van der Waals surface area contributed by atoms with E-state index < -0.39 is 29.2 Å². The highest BCUT2D eigenvalue weighted by Gasteiger charge is 2.46. The lowest BCUT2D eigenvalue weighted by molar-refractivity contribution is -0.129. The summed E-state index contributed by atoms with van der Waals surface area (Å²) in [6.45, 7) is 5.23. The zero-order valence-corrected chi connectivity index (χ0v) is 14.1. The first kappa shape index (κ1) is 17.8. The fourth-order valence-electron chi connectivity index (χ4n) is 2.34. The molecule has 7 heteroatoms. The number of carbonyl (C=O) groups excluding carboxylic acids is 3. The number of hydrogen-bond donors (Lipinski definition) is 3. The summed E-state index contributed by atoms with van der Waals surface area (Å²) >= 11 is 0. The Kier molecular flexibility index (Phi) is 5.11. The molecule has 3 N–H and O–H groups in total. The van der Waals surface area contributed by atoms with Gasteiger partial charge in [-0.2, -0.15) is 0 Å². The van der Waals surface area contributed by atoms with Crippen LogP contribution in [0, 0.1) is 0 Å². The number of hydrogen-bond acceptors (Lipinski definition) is 4. The molecule has 0 saturated heterocycles. The summed E-state index contributed by atoms with van der Waals surface area (Å²) in [4.78, 5) is 36.3. The number of imide groups is 1. The molecule has 0 radical (unpaired) electrons. The second-order valence-corrected chi connectivity index (χ2v) is 6.84. The maximum absolute atomic E-state index is 12.4. The van der Waals surface area contributed by atoms with Crippen molar-refractivity contribution >= 4 is 23.7 Å². The van der Waals surface area contributed by atoms with Gasteiger partial charge < -0.3 is 15.4 Å². The van der Waals surface area contributed by atoms with E-state index in [1.807, 2.05) is 6.07 Å². The molecule has 1 fully saturated rings. The number of benzene rings is 1. The second kappa shape index (κ2) is 6.90. The molecule has 0 heterocycles. The average molecular weight is 333 g/mol. The number of carbonyl (C=O) groups is 3. The summed E-state index contributed by atoms with van der Waals surface area (Å²) in [5.41, 5.74) is -1.17. The minimum absolute atomic E-state index is 0.469. The number of alkyl carbamates (subject to hydrolysis) is 1. The Labute approximate surface area is 141 Å². The molecule has 0 bridgehead atoms. The summed E-state index contributed by atoms with van der Waals surface area (Å²) in [6.07, 6.45) is 1.07. The molecule has 1 aromatic rings. The first-order valence-corrected chi connectivity index (χ1v) is 7.89. The summed E-state index contributed by atoms with van der Waals surface area (Å²) in [7, 11) is 0. The van der Waals surface area contributed by atoms with E-state index in [1.165, 1.54) is 0 Å². The van der Waals surface area contributed by atoms with Crippen LogP contribution in [0.15, 0.2) is 30.3 Å². The van der Waals surface area contributed by atoms with Gasteiger partial charge in [-0.3, -0.25) is 10.1 Å². The van der Waals surface area contributed by atoms with Crippen molar-refractivity contribution < 1.29 is 19.1 Å². The van der Waals surface area contributed by atoms with Gasteiger partial charge in [0.2, 0.25) is 0 Å². The van der Waals surface area contributed by atoms with E-state index in [2.05, 4.69) is 16.0 Å². The molecule has 0 spiro atoms. The Hall–Kier alpha value is -2.57. The van der Waals surface area contributed by atoms with E-state index >= 15 is 0 Å². The van der Waals surface area contributed by atoms with Crippen LogP contribution in [0.5, 0.6) is 0 Å². The van der Waals surface area contributed by atoms with E-state index in [4.69, 9.17) is 4.74 Å². The van der Waals surface area contributed by atoms with Gasteiger partial charge >= 0.3 is 12.1 Å². The second-order valence-electron chi connectivity index (χ2n) is 6.84. The largest absolute Gasteiger partial charge is 0.444 e. The lowest BCUT2D eigenvalue weighted by Crippen LogP contribution is -2.64. The molecule has 1 saturated carbocycles. The molecule has 0 aliphatic heterocycles. The van der Waals surface area contributed by atoms with E-state index in [0.29, 0.717) is 18.5 Å². The van der Waals surface area contributed by atoms with Crippen molar-refractivity contribution in [1.29, 1.82) is 0 Å². The smallest absolute Gasteiger partial charge is 0.408 e. The number of nitrogens with one attached hydrogen (secondary N) is 3. The lowest BCUT2D eigenvalue weighted by Gasteiger charge is -2.40. The maximum atomic E-state index is 12.4. The Morgan fingerprint density at radius 2 is 1.71 bits per heavy atom. The minimum Gasteiger partial charge on any atom is -0.444 e. The maximum Gasteiger partial charge on any atom is 0.408 e. The standard InChI is InChI=1S/C17H23N3O4/c1-16(2,3)24-15(23)20-17(10-7-11-17)13(21)19-14(22)18-12-8-5-4-6-9-12/h4-6,8-9H,7,10-11H2,1-3H3,(H,20,23)(H2,18,19,21,22). The van der Waals surface area contributed by atoms with Crippen molar-refractivity contribution in [3.63, 3.8) is 0 Å². The van der Waals surface area contributed by atoms with E-state index in [9.17, 15) is 14.4 Å². The fourth-order valence-corrected chi connectivity index (χ4v) is 2.34. The van der Waals surface area contributed by atoms with Gasteiger partial charge in [-0.1, -0.05) is 18.2 Å². The minimum atomic E-state index is -1.09. The Bertz CT molecular complexity index is 618. The third kappa shape index (κ3) is 4.71. The van der Waals surface area contributed by atoms with Crippen molar-refractivity contribution in [3.8, 4) is 0 Å². The topological polar surface area (TPSA) is 96.5 Å². The molecule has 7 nitrogen and oxygen atoms in total. The monoisotopic (exact) mass is 333 g/mol. The molecule has 0 aromatic heterocycles. The number of urea groups is 1. The summed E-state index contributed by atoms with van der Waals surface area (Å²) < 4.78 is 5.19. The molecule has 130 valence electrons. The number of anilines is 1. The molecule has 2 rings (SSSR count). The van der Waals surface area contributed by atoms with Gasteiger partial charge in [-0.05, 0) is 52.2 Å². The summed E-state index contributed by atoms with van der Waals surface area (Å²) in [6, 6.07) is 8.15. The van der Waals surface area contributed by atoms with Gasteiger partial charge in [-0.15, -0.1) is 0 Å². The van der Waals surface area contributed by atoms with Crippen LogP contribution in [-0.4, -0.2) is 29.2 Å². The van der Waals surface area contributed by atoms with Crippen LogP contribution in [0.4, 0.5) is 15.3 Å². The summed E-state index contributed by atoms with van der Waals surface area (Å²) in [5, 5.41) is 7.45. The van der Waals surface area contributed by atoms with Crippen molar-refractivity contribution in [3.05, 3.63) is 30.3 Å². The van der Waals surface area contributed by atoms with E-state index in [0.717, 1.165) is 6.42 Å². The quantitative estimate of drug-likeness (QED) is 0.792. The van der Waals surface area contributed by atoms with Crippen LogP contribution in [0.1, 0.15) is 40.0 Å². The zero-order valence-electron chi connectivity index (χ0n) is 14.1. The Morgan fingerprint density at radius 1 is 1.08 bits per heavy atom. The lowest BCUT2D eigenvalue weighted by atomic mass is 9.76. The molecule has 0 unspecified atom stereocenters. The van der Waals surface area contributed by atoms with Crippen LogP contribution in [0.2, 0.25) is 0 Å². The molecule has 1 aliphatic rings. The number of rotatable bonds is 3. The van der Waals surface area contributed by atoms with Gasteiger partial charge in [0.05, 0.1) is 0 Å². The fraction of sp³-hybridized carbons (Fsp3) is 0.471. The number of amides is 4. The van der Waals surface area contributed by atoms with Crippen molar-refractivity contribution in [2.45, 2.75) is 51.2 Å². The summed E-state index contributed by atoms with van der Waals surface area (Å²) in [5.74, 6) is -0.534. The SMILES string of the molecule is CC(C)(C)OC(=O)NC1(C(=O)NC(=O)Nc2ccccc2)CCC1. The van der Waals surface area contributed by atoms with Gasteiger partial charge in [0, 0.05) is 5.69 Å². The Morgan fingerprint density at radius 3 is 2.21 bits per heavy atom. The van der Waals surface area contributed by atoms with E-state index in [1.54, 1.807) is 45.0 Å². The van der Waals surface area contributed by atoms with Crippen LogP contribution < -0.4 is 16.0 Å². The van der Waals surface area contributed by atoms with Crippen molar-refractivity contribution in [1.82, 2.24) is 10.6 Å². The molecule has 1 aromatic carbocycles. The molecule has 0 atom stereocenters. The highest BCUT2D eigenvalue weighted by Crippen LogP contribution is 2.32. The predicted octanol–water partition coefficient (Wildman–Crippen LogP) is 2.78. The number of para-hydroxylation sites is 1. The van der Waals surface area contributed by atoms with E-state index in [-0.39, 0.29) is 0 Å². The molecule has 4 amide bonds. The third-order valence-corrected chi connectivity index (χ3v) is 3.64. The van der Waals surface area contributed by atoms with Gasteiger partial charge in [0.25, 0.3) is 5.91 Å². The highest BCUT2D eigenvalue weighted by molar-refractivity contribution is 6.05. The molecular formula is C17H23N3O4. The van der Waals surface area contributed by atoms with Gasteiger partial charge in [0.15, 0.2) is 0 Å². The van der Waals surface area contributed by atoms with Crippen LogP contribution in [0.25, 0.3) is 0 Å². The van der Waals surface area contributed by atoms with Gasteiger partial charge in [-0.25, -0.2) is 9.59 Å². The predicted molar refractivity (Wildman–Crippen MR) is 89.6 cm³/mol. The normalized spacial score (nSPS) is 15.6. The molecular weight excluding hydrogens is 310 g/mol. The van der Waals surface area contributed by atoms with Crippen LogP contribution >= 0.6 is 0 Å². The third-order valence-electron chi connectivity index (χ3n) is 3.64.